The quantitative estimate of drug-likeness (QED) is 0.600. The second-order valence-corrected chi connectivity index (χ2v) is 5.34. The summed E-state index contributed by atoms with van der Waals surface area (Å²) in [6.45, 7) is 2.22. The Labute approximate surface area is 129 Å². The van der Waals surface area contributed by atoms with Crippen LogP contribution in [0.4, 0.5) is 0 Å². The van der Waals surface area contributed by atoms with E-state index in [0.29, 0.717) is 15.7 Å². The minimum atomic E-state index is -0.375. The van der Waals surface area contributed by atoms with Gasteiger partial charge in [0.2, 0.25) is 0 Å². The lowest BCUT2D eigenvalue weighted by Crippen LogP contribution is -2.24. The lowest BCUT2D eigenvalue weighted by molar-refractivity contribution is 0.0600. The molecule has 0 aliphatic carbocycles. The van der Waals surface area contributed by atoms with Gasteiger partial charge in [0, 0.05) is 0 Å². The highest BCUT2D eigenvalue weighted by molar-refractivity contribution is 14.1. The van der Waals surface area contributed by atoms with E-state index in [4.69, 9.17) is 0 Å². The van der Waals surface area contributed by atoms with Crippen molar-refractivity contribution in [1.29, 1.82) is 0 Å². The number of hydrogen-bond acceptors (Lipinski definition) is 4. The molecule has 0 bridgehead atoms. The maximum absolute atomic E-state index is 12.1. The molecule has 0 aliphatic heterocycles. The molecule has 1 heterocycles. The van der Waals surface area contributed by atoms with Gasteiger partial charge in [-0.15, -0.1) is 0 Å². The summed E-state index contributed by atoms with van der Waals surface area (Å²) >= 11 is 2.00. The molecule has 0 amide bonds. The van der Waals surface area contributed by atoms with Crippen LogP contribution in [0, 0.1) is 10.5 Å². The largest absolute Gasteiger partial charge is 0.465 e. The Balaban J connectivity index is 2.25. The Hall–Kier alpha value is -1.70. The smallest absolute Gasteiger partial charge is 0.337 e. The van der Waals surface area contributed by atoms with Gasteiger partial charge in [-0.05, 0) is 47.2 Å². The summed E-state index contributed by atoms with van der Waals surface area (Å²) in [4.78, 5) is 27.6. The van der Waals surface area contributed by atoms with E-state index in [1.165, 1.54) is 13.4 Å². The van der Waals surface area contributed by atoms with Gasteiger partial charge >= 0.3 is 5.97 Å². The highest BCUT2D eigenvalue weighted by atomic mass is 127. The molecule has 0 saturated carbocycles. The zero-order valence-corrected chi connectivity index (χ0v) is 13.2. The van der Waals surface area contributed by atoms with Gasteiger partial charge in [-0.3, -0.25) is 9.36 Å². The summed E-state index contributed by atoms with van der Waals surface area (Å²) in [5.74, 6) is -0.375. The van der Waals surface area contributed by atoms with Crippen molar-refractivity contribution >= 4 is 28.6 Å². The maximum Gasteiger partial charge on any atom is 0.337 e. The molecule has 0 unspecified atom stereocenters. The molecule has 6 heteroatoms. The fourth-order valence-electron chi connectivity index (χ4n) is 1.72. The normalized spacial score (nSPS) is 10.3. The van der Waals surface area contributed by atoms with Crippen LogP contribution in [0.3, 0.4) is 0 Å². The molecule has 0 atom stereocenters. The number of hydrogen-bond donors (Lipinski definition) is 0. The summed E-state index contributed by atoms with van der Waals surface area (Å²) in [6, 6.07) is 6.95. The molecule has 0 fully saturated rings. The van der Waals surface area contributed by atoms with E-state index >= 15 is 0 Å². The number of rotatable bonds is 3. The van der Waals surface area contributed by atoms with E-state index in [9.17, 15) is 9.59 Å². The molecular formula is C14H13IN2O3. The van der Waals surface area contributed by atoms with E-state index in [-0.39, 0.29) is 11.5 Å². The number of ether oxygens (including phenoxy) is 1. The third-order valence-corrected chi connectivity index (χ3v) is 4.13. The minimum absolute atomic E-state index is 0.0601. The van der Waals surface area contributed by atoms with E-state index in [2.05, 4.69) is 9.72 Å². The molecule has 0 radical (unpaired) electrons. The molecule has 0 spiro atoms. The molecule has 20 heavy (non-hydrogen) atoms. The number of nitrogens with zero attached hydrogens (tertiary/aromatic N) is 2. The second-order valence-electron chi connectivity index (χ2n) is 4.27. The van der Waals surface area contributed by atoms with Gasteiger partial charge in [0.25, 0.3) is 5.56 Å². The fraction of sp³-hybridized carbons (Fsp3) is 0.214. The first-order chi connectivity index (χ1) is 9.52. The SMILES string of the molecule is COC(=O)c1ccc(Cn2cnc(C)c(I)c2=O)cc1. The fourth-order valence-corrected chi connectivity index (χ4v) is 2.17. The summed E-state index contributed by atoms with van der Waals surface area (Å²) in [5, 5.41) is 0. The second kappa shape index (κ2) is 6.17. The molecule has 1 aromatic heterocycles. The molecule has 5 nitrogen and oxygen atoms in total. The summed E-state index contributed by atoms with van der Waals surface area (Å²) < 4.78 is 6.80. The number of methoxy groups -OCH3 is 1. The van der Waals surface area contributed by atoms with Gasteiger partial charge in [0.15, 0.2) is 0 Å². The monoisotopic (exact) mass is 384 g/mol. The first kappa shape index (κ1) is 14.7. The van der Waals surface area contributed by atoms with Crippen LogP contribution in [0.15, 0.2) is 35.4 Å². The van der Waals surface area contributed by atoms with Crippen molar-refractivity contribution in [2.75, 3.05) is 7.11 Å². The topological polar surface area (TPSA) is 61.2 Å². The molecule has 1 aromatic carbocycles. The first-order valence-corrected chi connectivity index (χ1v) is 6.99. The number of carbonyl (C=O) groups excluding carboxylic acids is 1. The highest BCUT2D eigenvalue weighted by Gasteiger charge is 2.07. The summed E-state index contributed by atoms with van der Waals surface area (Å²) in [5.41, 5.74) is 2.07. The van der Waals surface area contributed by atoms with Gasteiger partial charge in [-0.25, -0.2) is 9.78 Å². The third-order valence-electron chi connectivity index (χ3n) is 2.88. The number of aromatic nitrogens is 2. The number of halogens is 1. The average Bonchev–Trinajstić information content (AvgIpc) is 2.48. The van der Waals surface area contributed by atoms with Crippen LogP contribution in [-0.4, -0.2) is 22.6 Å². The summed E-state index contributed by atoms with van der Waals surface area (Å²) in [6.07, 6.45) is 1.54. The van der Waals surface area contributed by atoms with Crippen molar-refractivity contribution in [1.82, 2.24) is 9.55 Å². The van der Waals surface area contributed by atoms with Crippen molar-refractivity contribution < 1.29 is 9.53 Å². The minimum Gasteiger partial charge on any atom is -0.465 e. The van der Waals surface area contributed by atoms with Crippen LogP contribution in [0.1, 0.15) is 21.6 Å². The molecule has 0 aliphatic rings. The van der Waals surface area contributed by atoms with E-state index < -0.39 is 0 Å². The number of esters is 1. The van der Waals surface area contributed by atoms with Crippen LogP contribution in [0.5, 0.6) is 0 Å². The molecule has 2 aromatic rings. The van der Waals surface area contributed by atoms with Crippen LogP contribution >= 0.6 is 22.6 Å². The maximum atomic E-state index is 12.1. The molecule has 0 N–H and O–H groups in total. The van der Waals surface area contributed by atoms with Gasteiger partial charge in [0.05, 0.1) is 34.8 Å². The highest BCUT2D eigenvalue weighted by Crippen LogP contribution is 2.08. The standard InChI is InChI=1S/C14H13IN2O3/c1-9-12(15)13(18)17(8-16-9)7-10-3-5-11(6-4-10)14(19)20-2/h3-6,8H,7H2,1-2H3. The Morgan fingerprint density at radius 2 is 2.00 bits per heavy atom. The zero-order valence-electron chi connectivity index (χ0n) is 11.1. The Bertz CT molecular complexity index is 693. The van der Waals surface area contributed by atoms with Crippen molar-refractivity contribution in [3.63, 3.8) is 0 Å². The van der Waals surface area contributed by atoms with Gasteiger partial charge in [-0.2, -0.15) is 0 Å². The lowest BCUT2D eigenvalue weighted by Gasteiger charge is -2.07. The first-order valence-electron chi connectivity index (χ1n) is 5.91. The van der Waals surface area contributed by atoms with Crippen molar-refractivity contribution in [3.8, 4) is 0 Å². The van der Waals surface area contributed by atoms with E-state index in [0.717, 1.165) is 11.3 Å². The molecule has 2 rings (SSSR count). The van der Waals surface area contributed by atoms with Gasteiger partial charge in [-0.1, -0.05) is 12.1 Å². The number of aryl methyl sites for hydroxylation is 1. The van der Waals surface area contributed by atoms with Gasteiger partial charge < -0.3 is 4.74 Å². The Kier molecular flexibility index (Phi) is 4.53. The van der Waals surface area contributed by atoms with Crippen LogP contribution in [0.25, 0.3) is 0 Å². The van der Waals surface area contributed by atoms with E-state index in [1.807, 2.05) is 22.6 Å². The Morgan fingerprint density at radius 1 is 1.35 bits per heavy atom. The van der Waals surface area contributed by atoms with Crippen LogP contribution < -0.4 is 5.56 Å². The predicted molar refractivity (Wildman–Crippen MR) is 82.8 cm³/mol. The molecule has 0 saturated heterocycles. The number of carbonyl (C=O) groups is 1. The predicted octanol–water partition coefficient (Wildman–Crippen LogP) is 1.99. The van der Waals surface area contributed by atoms with Crippen LogP contribution in [0.2, 0.25) is 0 Å². The van der Waals surface area contributed by atoms with Crippen molar-refractivity contribution in [2.24, 2.45) is 0 Å². The molecule has 104 valence electrons. The molecular weight excluding hydrogens is 371 g/mol. The third kappa shape index (κ3) is 3.06. The van der Waals surface area contributed by atoms with Crippen molar-refractivity contribution in [3.05, 3.63) is 61.3 Å². The average molecular weight is 384 g/mol. The zero-order chi connectivity index (χ0) is 14.7. The van der Waals surface area contributed by atoms with Crippen LogP contribution in [-0.2, 0) is 11.3 Å². The Morgan fingerprint density at radius 3 is 2.60 bits per heavy atom. The lowest BCUT2D eigenvalue weighted by atomic mass is 10.1. The van der Waals surface area contributed by atoms with Gasteiger partial charge in [0.1, 0.15) is 0 Å². The van der Waals surface area contributed by atoms with E-state index in [1.54, 1.807) is 35.8 Å². The van der Waals surface area contributed by atoms with Crippen molar-refractivity contribution in [2.45, 2.75) is 13.5 Å². The number of benzene rings is 1. The summed E-state index contributed by atoms with van der Waals surface area (Å²) in [7, 11) is 1.34.